The lowest BCUT2D eigenvalue weighted by atomic mass is 10.2. The van der Waals surface area contributed by atoms with E-state index >= 15 is 0 Å². The van der Waals surface area contributed by atoms with Crippen LogP contribution in [-0.4, -0.2) is 10.7 Å². The molecule has 2 rings (SSSR count). The van der Waals surface area contributed by atoms with E-state index in [1.54, 1.807) is 11.8 Å². The third-order valence-electron chi connectivity index (χ3n) is 2.89. The van der Waals surface area contributed by atoms with Crippen molar-refractivity contribution in [3.63, 3.8) is 0 Å². The van der Waals surface area contributed by atoms with Gasteiger partial charge in [0.05, 0.1) is 11.3 Å². The van der Waals surface area contributed by atoms with Gasteiger partial charge in [-0.05, 0) is 36.4 Å². The molecule has 102 valence electrons. The summed E-state index contributed by atoms with van der Waals surface area (Å²) < 4.78 is 0. The highest BCUT2D eigenvalue weighted by Gasteiger charge is 2.07. The molecule has 0 spiro atoms. The van der Waals surface area contributed by atoms with Crippen LogP contribution in [0.3, 0.4) is 0 Å². The number of hydrogen-bond donors (Lipinski definition) is 1. The van der Waals surface area contributed by atoms with Crippen molar-refractivity contribution < 1.29 is 0 Å². The molecular formula is C16H17N3S. The molecule has 0 bridgehead atoms. The number of aryl methyl sites for hydroxylation is 1. The van der Waals surface area contributed by atoms with Gasteiger partial charge in [-0.1, -0.05) is 19.1 Å². The van der Waals surface area contributed by atoms with Crippen molar-refractivity contribution in [3.05, 3.63) is 53.3 Å². The van der Waals surface area contributed by atoms with Crippen LogP contribution in [0.1, 0.15) is 23.7 Å². The molecular weight excluding hydrogens is 266 g/mol. The van der Waals surface area contributed by atoms with Gasteiger partial charge in [-0.2, -0.15) is 5.26 Å². The Morgan fingerprint density at radius 3 is 2.80 bits per heavy atom. The summed E-state index contributed by atoms with van der Waals surface area (Å²) in [6.07, 6.45) is 1.86. The molecule has 0 atom stereocenters. The molecule has 3 nitrogen and oxygen atoms in total. The fourth-order valence-electron chi connectivity index (χ4n) is 1.87. The van der Waals surface area contributed by atoms with E-state index < -0.39 is 0 Å². The summed E-state index contributed by atoms with van der Waals surface area (Å²) in [5, 5.41) is 12.7. The molecule has 0 aliphatic heterocycles. The topological polar surface area (TPSA) is 48.7 Å². The van der Waals surface area contributed by atoms with E-state index in [9.17, 15) is 5.26 Å². The quantitative estimate of drug-likeness (QED) is 0.843. The van der Waals surface area contributed by atoms with E-state index in [0.29, 0.717) is 6.54 Å². The Kier molecular flexibility index (Phi) is 5.03. The summed E-state index contributed by atoms with van der Waals surface area (Å²) in [5.74, 6) is 0.958. The van der Waals surface area contributed by atoms with Crippen molar-refractivity contribution in [3.8, 4) is 6.07 Å². The van der Waals surface area contributed by atoms with Crippen LogP contribution in [0.15, 0.2) is 41.4 Å². The first-order valence-corrected chi connectivity index (χ1v) is 7.54. The predicted molar refractivity (Wildman–Crippen MR) is 83.9 cm³/mol. The van der Waals surface area contributed by atoms with Gasteiger partial charge in [0, 0.05) is 23.3 Å². The number of nitriles is 1. The second-order valence-corrected chi connectivity index (χ2v) is 5.69. The maximum Gasteiger partial charge on any atom is 0.102 e. The van der Waals surface area contributed by atoms with Gasteiger partial charge >= 0.3 is 0 Å². The summed E-state index contributed by atoms with van der Waals surface area (Å²) in [5.41, 5.74) is 3.71. The Bertz CT molecular complexity index is 615. The van der Waals surface area contributed by atoms with Gasteiger partial charge in [0.15, 0.2) is 0 Å². The SMILES string of the molecule is CCSc1cccc(NCc2ccc(C)nc2)c1C#N. The smallest absolute Gasteiger partial charge is 0.102 e. The lowest BCUT2D eigenvalue weighted by Crippen LogP contribution is -2.02. The molecule has 0 fully saturated rings. The lowest BCUT2D eigenvalue weighted by Gasteiger charge is -2.11. The average Bonchev–Trinajstić information content (AvgIpc) is 2.47. The number of anilines is 1. The normalized spacial score (nSPS) is 10.1. The highest BCUT2D eigenvalue weighted by atomic mass is 32.2. The maximum absolute atomic E-state index is 9.34. The monoisotopic (exact) mass is 283 g/mol. The average molecular weight is 283 g/mol. The maximum atomic E-state index is 9.34. The number of nitrogens with zero attached hydrogens (tertiary/aromatic N) is 2. The highest BCUT2D eigenvalue weighted by Crippen LogP contribution is 2.28. The molecule has 0 aliphatic carbocycles. The summed E-state index contributed by atoms with van der Waals surface area (Å²) in [4.78, 5) is 5.30. The zero-order valence-corrected chi connectivity index (χ0v) is 12.5. The molecule has 1 N–H and O–H groups in total. The van der Waals surface area contributed by atoms with Crippen molar-refractivity contribution in [2.45, 2.75) is 25.3 Å². The summed E-state index contributed by atoms with van der Waals surface area (Å²) >= 11 is 1.69. The zero-order valence-electron chi connectivity index (χ0n) is 11.7. The summed E-state index contributed by atoms with van der Waals surface area (Å²) in [6.45, 7) is 4.72. The number of rotatable bonds is 5. The van der Waals surface area contributed by atoms with Crippen LogP contribution in [0.5, 0.6) is 0 Å². The fraction of sp³-hybridized carbons (Fsp3) is 0.250. The van der Waals surface area contributed by atoms with Gasteiger partial charge < -0.3 is 5.32 Å². The first-order valence-electron chi connectivity index (χ1n) is 6.56. The molecule has 20 heavy (non-hydrogen) atoms. The third kappa shape index (κ3) is 3.52. The molecule has 0 saturated heterocycles. The summed E-state index contributed by atoms with van der Waals surface area (Å²) in [7, 11) is 0. The molecule has 1 aromatic carbocycles. The molecule has 0 aliphatic rings. The van der Waals surface area contributed by atoms with E-state index in [2.05, 4.69) is 23.3 Å². The van der Waals surface area contributed by atoms with Crippen molar-refractivity contribution in [2.75, 3.05) is 11.1 Å². The van der Waals surface area contributed by atoms with Gasteiger partial charge in [0.2, 0.25) is 0 Å². The number of hydrogen-bond acceptors (Lipinski definition) is 4. The van der Waals surface area contributed by atoms with Crippen LogP contribution in [0.25, 0.3) is 0 Å². The van der Waals surface area contributed by atoms with Crippen LogP contribution in [0.4, 0.5) is 5.69 Å². The Hall–Kier alpha value is -1.99. The number of aromatic nitrogens is 1. The number of pyridine rings is 1. The first kappa shape index (κ1) is 14.4. The molecule has 0 saturated carbocycles. The van der Waals surface area contributed by atoms with E-state index in [0.717, 1.165) is 33.2 Å². The third-order valence-corrected chi connectivity index (χ3v) is 3.83. The minimum Gasteiger partial charge on any atom is -0.380 e. The number of nitrogens with one attached hydrogen (secondary N) is 1. The van der Waals surface area contributed by atoms with Crippen molar-refractivity contribution >= 4 is 17.4 Å². The number of benzene rings is 1. The zero-order chi connectivity index (χ0) is 14.4. The lowest BCUT2D eigenvalue weighted by molar-refractivity contribution is 1.08. The Labute approximate surface area is 124 Å². The van der Waals surface area contributed by atoms with Gasteiger partial charge in [-0.15, -0.1) is 11.8 Å². The highest BCUT2D eigenvalue weighted by molar-refractivity contribution is 7.99. The minimum atomic E-state index is 0.669. The van der Waals surface area contributed by atoms with Crippen molar-refractivity contribution in [1.82, 2.24) is 4.98 Å². The summed E-state index contributed by atoms with van der Waals surface area (Å²) in [6, 6.07) is 12.3. The van der Waals surface area contributed by atoms with Crippen LogP contribution in [0.2, 0.25) is 0 Å². The molecule has 0 radical (unpaired) electrons. The Morgan fingerprint density at radius 2 is 2.15 bits per heavy atom. The van der Waals surface area contributed by atoms with Crippen molar-refractivity contribution in [2.24, 2.45) is 0 Å². The Morgan fingerprint density at radius 1 is 1.30 bits per heavy atom. The molecule has 1 heterocycles. The van der Waals surface area contributed by atoms with Crippen molar-refractivity contribution in [1.29, 1.82) is 5.26 Å². The van der Waals surface area contributed by atoms with Crippen LogP contribution in [-0.2, 0) is 6.54 Å². The van der Waals surface area contributed by atoms with Crippen LogP contribution in [0, 0.1) is 18.3 Å². The largest absolute Gasteiger partial charge is 0.380 e. The molecule has 0 unspecified atom stereocenters. The second-order valence-electron chi connectivity index (χ2n) is 4.38. The molecule has 2 aromatic rings. The number of thioether (sulfide) groups is 1. The predicted octanol–water partition coefficient (Wildman–Crippen LogP) is 3.99. The fourth-order valence-corrected chi connectivity index (χ4v) is 2.66. The molecule has 4 heteroatoms. The van der Waals surface area contributed by atoms with Gasteiger partial charge in [-0.3, -0.25) is 4.98 Å². The van der Waals surface area contributed by atoms with Gasteiger partial charge in [0.1, 0.15) is 6.07 Å². The van der Waals surface area contributed by atoms with E-state index in [4.69, 9.17) is 0 Å². The first-order chi connectivity index (χ1) is 9.74. The van der Waals surface area contributed by atoms with E-state index in [1.807, 2.05) is 43.5 Å². The minimum absolute atomic E-state index is 0.669. The Balaban J connectivity index is 2.15. The van der Waals surface area contributed by atoms with Crippen LogP contribution >= 0.6 is 11.8 Å². The van der Waals surface area contributed by atoms with E-state index in [-0.39, 0.29) is 0 Å². The molecule has 0 amide bonds. The van der Waals surface area contributed by atoms with Gasteiger partial charge in [-0.25, -0.2) is 0 Å². The van der Waals surface area contributed by atoms with E-state index in [1.165, 1.54) is 0 Å². The second kappa shape index (κ2) is 6.97. The molecule has 1 aromatic heterocycles. The van der Waals surface area contributed by atoms with Gasteiger partial charge in [0.25, 0.3) is 0 Å². The van der Waals surface area contributed by atoms with Crippen LogP contribution < -0.4 is 5.32 Å². The standard InChI is InChI=1S/C16H17N3S/c1-3-20-16-6-4-5-15(14(16)9-17)19-11-13-8-7-12(2)18-10-13/h4-8,10,19H,3,11H2,1-2H3.